The summed E-state index contributed by atoms with van der Waals surface area (Å²) in [7, 11) is 0. The van der Waals surface area contributed by atoms with Crippen molar-refractivity contribution in [3.05, 3.63) is 39.2 Å². The van der Waals surface area contributed by atoms with E-state index in [1.165, 1.54) is 6.20 Å². The first-order valence-electron chi connectivity index (χ1n) is 4.37. The number of rotatable bonds is 1. The lowest BCUT2D eigenvalue weighted by Gasteiger charge is -2.06. The third kappa shape index (κ3) is 1.46. The van der Waals surface area contributed by atoms with Gasteiger partial charge in [-0.05, 0) is 25.1 Å². The van der Waals surface area contributed by atoms with Crippen LogP contribution in [0, 0.1) is 0 Å². The van der Waals surface area contributed by atoms with E-state index in [0.717, 1.165) is 15.5 Å². The topological polar surface area (TPSA) is 34.9 Å². The normalized spacial score (nSPS) is 10.7. The molecule has 0 radical (unpaired) electrons. The summed E-state index contributed by atoms with van der Waals surface area (Å²) in [4.78, 5) is 15.5. The fraction of sp³-hybridized carbons (Fsp3) is 0.200. The van der Waals surface area contributed by atoms with E-state index in [0.29, 0.717) is 6.54 Å². The Bertz CT molecular complexity index is 533. The summed E-state index contributed by atoms with van der Waals surface area (Å²) in [5.41, 5.74) is 1.65. The summed E-state index contributed by atoms with van der Waals surface area (Å²) in [5, 5.41) is 0. The number of fused-ring (bicyclic) bond motifs is 1. The lowest BCUT2D eigenvalue weighted by molar-refractivity contribution is 0.753. The number of hydrogen-bond acceptors (Lipinski definition) is 2. The second-order valence-corrected chi connectivity index (χ2v) is 3.89. The smallest absolute Gasteiger partial charge is 0.269 e. The Morgan fingerprint density at radius 2 is 2.29 bits per heavy atom. The Balaban J connectivity index is 2.91. The minimum absolute atomic E-state index is 0.0573. The van der Waals surface area contributed by atoms with Crippen molar-refractivity contribution in [3.63, 3.8) is 0 Å². The summed E-state index contributed by atoms with van der Waals surface area (Å²) in [6, 6.07) is 5.72. The first-order valence-corrected chi connectivity index (χ1v) is 5.17. The van der Waals surface area contributed by atoms with Crippen molar-refractivity contribution < 1.29 is 0 Å². The van der Waals surface area contributed by atoms with E-state index >= 15 is 0 Å². The number of aryl methyl sites for hydroxylation is 1. The molecule has 0 fully saturated rings. The average molecular weight is 253 g/mol. The van der Waals surface area contributed by atoms with E-state index in [4.69, 9.17) is 0 Å². The molecule has 0 atom stereocenters. The first-order chi connectivity index (χ1) is 6.72. The van der Waals surface area contributed by atoms with Gasteiger partial charge in [-0.3, -0.25) is 4.79 Å². The minimum Gasteiger partial charge on any atom is -0.306 e. The second kappa shape index (κ2) is 3.53. The molecule has 72 valence electrons. The summed E-state index contributed by atoms with van der Waals surface area (Å²) < 4.78 is 2.66. The van der Waals surface area contributed by atoms with Crippen LogP contribution in [0.1, 0.15) is 6.92 Å². The van der Waals surface area contributed by atoms with Gasteiger partial charge in [0.1, 0.15) is 0 Å². The van der Waals surface area contributed by atoms with Crippen LogP contribution >= 0.6 is 15.9 Å². The van der Waals surface area contributed by atoms with Crippen LogP contribution < -0.4 is 5.56 Å². The van der Waals surface area contributed by atoms with Gasteiger partial charge in [0.2, 0.25) is 0 Å². The van der Waals surface area contributed by atoms with Gasteiger partial charge in [-0.2, -0.15) is 0 Å². The molecule has 0 aliphatic heterocycles. The third-order valence-electron chi connectivity index (χ3n) is 2.12. The van der Waals surface area contributed by atoms with Crippen LogP contribution in [0.25, 0.3) is 11.0 Å². The Kier molecular flexibility index (Phi) is 2.37. The van der Waals surface area contributed by atoms with Crippen LogP contribution in [0.5, 0.6) is 0 Å². The van der Waals surface area contributed by atoms with Gasteiger partial charge in [-0.1, -0.05) is 15.9 Å². The Labute approximate surface area is 89.5 Å². The Morgan fingerprint density at radius 1 is 1.50 bits per heavy atom. The fourth-order valence-corrected chi connectivity index (χ4v) is 1.81. The van der Waals surface area contributed by atoms with E-state index in [-0.39, 0.29) is 5.56 Å². The lowest BCUT2D eigenvalue weighted by Crippen LogP contribution is -2.19. The van der Waals surface area contributed by atoms with Crippen molar-refractivity contribution in [2.24, 2.45) is 0 Å². The number of halogens is 1. The number of nitrogens with zero attached hydrogens (tertiary/aromatic N) is 2. The van der Waals surface area contributed by atoms with Gasteiger partial charge in [0.15, 0.2) is 0 Å². The molecule has 1 aromatic heterocycles. The van der Waals surface area contributed by atoms with Gasteiger partial charge in [0.25, 0.3) is 5.56 Å². The highest BCUT2D eigenvalue weighted by Crippen LogP contribution is 2.16. The van der Waals surface area contributed by atoms with Crippen LogP contribution in [0.2, 0.25) is 0 Å². The Morgan fingerprint density at radius 3 is 3.00 bits per heavy atom. The summed E-state index contributed by atoms with van der Waals surface area (Å²) >= 11 is 3.38. The number of aromatic nitrogens is 2. The zero-order chi connectivity index (χ0) is 10.1. The quantitative estimate of drug-likeness (QED) is 0.780. The highest BCUT2D eigenvalue weighted by molar-refractivity contribution is 9.10. The van der Waals surface area contributed by atoms with Crippen LogP contribution in [0.4, 0.5) is 0 Å². The van der Waals surface area contributed by atoms with Crippen LogP contribution in [-0.4, -0.2) is 9.55 Å². The molecule has 0 spiro atoms. The van der Waals surface area contributed by atoms with Gasteiger partial charge >= 0.3 is 0 Å². The van der Waals surface area contributed by atoms with Gasteiger partial charge in [0.05, 0.1) is 17.2 Å². The molecule has 0 aliphatic carbocycles. The summed E-state index contributed by atoms with van der Waals surface area (Å²) in [6.45, 7) is 2.61. The SMILES string of the molecule is CCn1c(=O)cnc2ccc(Br)cc21. The van der Waals surface area contributed by atoms with E-state index in [9.17, 15) is 4.79 Å². The first kappa shape index (κ1) is 9.40. The molecular formula is C10H9BrN2O. The largest absolute Gasteiger partial charge is 0.306 e. The molecule has 4 heteroatoms. The van der Waals surface area contributed by atoms with Crippen LogP contribution in [0.15, 0.2) is 33.7 Å². The average Bonchev–Trinajstić information content (AvgIpc) is 2.17. The van der Waals surface area contributed by atoms with Crippen LogP contribution in [0.3, 0.4) is 0 Å². The van der Waals surface area contributed by atoms with Crippen LogP contribution in [-0.2, 0) is 6.54 Å². The highest BCUT2D eigenvalue weighted by atomic mass is 79.9. The third-order valence-corrected chi connectivity index (χ3v) is 2.62. The maximum atomic E-state index is 11.5. The molecule has 0 unspecified atom stereocenters. The molecule has 0 N–H and O–H groups in total. The number of hydrogen-bond donors (Lipinski definition) is 0. The van der Waals surface area contributed by atoms with Crippen molar-refractivity contribution in [1.82, 2.24) is 9.55 Å². The molecule has 14 heavy (non-hydrogen) atoms. The molecule has 2 rings (SSSR count). The fourth-order valence-electron chi connectivity index (χ4n) is 1.46. The predicted molar refractivity (Wildman–Crippen MR) is 59.4 cm³/mol. The van der Waals surface area contributed by atoms with Gasteiger partial charge in [-0.15, -0.1) is 0 Å². The van der Waals surface area contributed by atoms with Crippen molar-refractivity contribution in [2.45, 2.75) is 13.5 Å². The molecule has 0 saturated heterocycles. The lowest BCUT2D eigenvalue weighted by atomic mass is 10.3. The molecule has 0 amide bonds. The monoisotopic (exact) mass is 252 g/mol. The van der Waals surface area contributed by atoms with E-state index in [2.05, 4.69) is 20.9 Å². The van der Waals surface area contributed by atoms with E-state index < -0.39 is 0 Å². The molecule has 1 heterocycles. The standard InChI is InChI=1S/C10H9BrN2O/c1-2-13-9-5-7(11)3-4-8(9)12-6-10(13)14/h3-6H,2H2,1H3. The van der Waals surface area contributed by atoms with Gasteiger partial charge < -0.3 is 4.57 Å². The van der Waals surface area contributed by atoms with Crippen molar-refractivity contribution in [1.29, 1.82) is 0 Å². The summed E-state index contributed by atoms with van der Waals surface area (Å²) in [5.74, 6) is 0. The van der Waals surface area contributed by atoms with Gasteiger partial charge in [-0.25, -0.2) is 4.98 Å². The predicted octanol–water partition coefficient (Wildman–Crippen LogP) is 2.18. The molecule has 2 aromatic rings. The zero-order valence-electron chi connectivity index (χ0n) is 7.70. The molecular weight excluding hydrogens is 244 g/mol. The molecule has 0 saturated carbocycles. The number of benzene rings is 1. The second-order valence-electron chi connectivity index (χ2n) is 2.97. The maximum Gasteiger partial charge on any atom is 0.269 e. The maximum absolute atomic E-state index is 11.5. The van der Waals surface area contributed by atoms with E-state index in [1.54, 1.807) is 4.57 Å². The van der Waals surface area contributed by atoms with Crippen molar-refractivity contribution in [3.8, 4) is 0 Å². The molecule has 0 aliphatic rings. The molecule has 0 bridgehead atoms. The summed E-state index contributed by atoms with van der Waals surface area (Å²) in [6.07, 6.45) is 1.36. The highest BCUT2D eigenvalue weighted by Gasteiger charge is 2.02. The molecule has 1 aromatic carbocycles. The Hall–Kier alpha value is -1.16. The minimum atomic E-state index is -0.0573. The zero-order valence-corrected chi connectivity index (χ0v) is 9.28. The van der Waals surface area contributed by atoms with Crippen molar-refractivity contribution >= 4 is 27.0 Å². The van der Waals surface area contributed by atoms with Crippen molar-refractivity contribution in [2.75, 3.05) is 0 Å². The molecule has 3 nitrogen and oxygen atoms in total. The van der Waals surface area contributed by atoms with Gasteiger partial charge in [0, 0.05) is 11.0 Å². The van der Waals surface area contributed by atoms with E-state index in [1.807, 2.05) is 25.1 Å².